The predicted octanol–water partition coefficient (Wildman–Crippen LogP) is 1.66. The summed E-state index contributed by atoms with van der Waals surface area (Å²) in [7, 11) is 0. The van der Waals surface area contributed by atoms with E-state index in [4.69, 9.17) is 14.6 Å². The molecule has 11 heteroatoms. The molecule has 0 aliphatic carbocycles. The molecule has 0 unspecified atom stereocenters. The maximum atomic E-state index is 12.6. The number of anilines is 1. The van der Waals surface area contributed by atoms with Gasteiger partial charge in [-0.05, 0) is 49.9 Å². The van der Waals surface area contributed by atoms with Crippen LogP contribution in [0, 0.1) is 0 Å². The Kier molecular flexibility index (Phi) is 7.51. The number of likely N-dealkylation sites (tertiary alicyclic amines) is 2. The van der Waals surface area contributed by atoms with Crippen molar-refractivity contribution < 1.29 is 33.8 Å². The summed E-state index contributed by atoms with van der Waals surface area (Å²) >= 11 is 0. The highest BCUT2D eigenvalue weighted by molar-refractivity contribution is 6.05. The van der Waals surface area contributed by atoms with E-state index in [9.17, 15) is 19.2 Å². The fraction of sp³-hybridized carbons (Fsp3) is 0.565. The van der Waals surface area contributed by atoms with E-state index in [0.717, 1.165) is 12.8 Å². The predicted molar refractivity (Wildman–Crippen MR) is 121 cm³/mol. The third-order valence-corrected chi connectivity index (χ3v) is 6.46. The Morgan fingerprint density at radius 3 is 2.06 bits per heavy atom. The molecule has 0 saturated carbocycles. The van der Waals surface area contributed by atoms with Crippen molar-refractivity contribution in [3.63, 3.8) is 0 Å². The monoisotopic (exact) mass is 474 g/mol. The van der Waals surface area contributed by atoms with Gasteiger partial charge < -0.3 is 24.4 Å². The van der Waals surface area contributed by atoms with Crippen molar-refractivity contribution in [2.45, 2.75) is 44.3 Å². The van der Waals surface area contributed by atoms with Crippen molar-refractivity contribution in [1.82, 2.24) is 15.1 Å². The highest BCUT2D eigenvalue weighted by Crippen LogP contribution is 2.23. The molecule has 3 heterocycles. The van der Waals surface area contributed by atoms with E-state index >= 15 is 0 Å². The number of carbonyl (C=O) groups excluding carboxylic acids is 3. The number of amides is 5. The zero-order chi connectivity index (χ0) is 24.1. The second-order valence-electron chi connectivity index (χ2n) is 8.72. The van der Waals surface area contributed by atoms with Gasteiger partial charge in [0, 0.05) is 44.8 Å². The molecule has 0 bridgehead atoms. The molecule has 2 N–H and O–H groups in total. The van der Waals surface area contributed by atoms with Crippen LogP contribution in [0.1, 0.15) is 32.1 Å². The number of rotatable bonds is 6. The number of carbonyl (C=O) groups is 4. The average molecular weight is 475 g/mol. The summed E-state index contributed by atoms with van der Waals surface area (Å²) in [6.45, 7) is 2.45. The van der Waals surface area contributed by atoms with Gasteiger partial charge in [-0.2, -0.15) is 0 Å². The van der Waals surface area contributed by atoms with Crippen LogP contribution in [0.5, 0.6) is 5.75 Å². The summed E-state index contributed by atoms with van der Waals surface area (Å²) in [5.41, 5.74) is 0.652. The summed E-state index contributed by atoms with van der Waals surface area (Å²) in [5.74, 6) is 0.152. The SMILES string of the molecule is O=C1CCN(c2ccc(OCC(=O)N3CCC(OC4CCN(C(=O)O)CC4)CC3)cc2)C(=O)N1. The van der Waals surface area contributed by atoms with Crippen molar-refractivity contribution in [3.05, 3.63) is 24.3 Å². The molecule has 3 saturated heterocycles. The van der Waals surface area contributed by atoms with Crippen molar-refractivity contribution in [3.8, 4) is 5.75 Å². The van der Waals surface area contributed by atoms with Crippen LogP contribution in [-0.2, 0) is 14.3 Å². The first kappa shape index (κ1) is 23.8. The Morgan fingerprint density at radius 1 is 0.912 bits per heavy atom. The summed E-state index contributed by atoms with van der Waals surface area (Å²) in [6, 6.07) is 6.39. The number of hydrogen-bond donors (Lipinski definition) is 2. The van der Waals surface area contributed by atoms with E-state index < -0.39 is 12.1 Å². The van der Waals surface area contributed by atoms with Crippen LogP contribution in [0.25, 0.3) is 0 Å². The lowest BCUT2D eigenvalue weighted by molar-refractivity contribution is -0.137. The molecule has 1 aromatic carbocycles. The van der Waals surface area contributed by atoms with Crippen molar-refractivity contribution in [2.75, 3.05) is 44.2 Å². The zero-order valence-electron chi connectivity index (χ0n) is 19.0. The third-order valence-electron chi connectivity index (χ3n) is 6.46. The normalized spacial score (nSPS) is 20.3. The number of imide groups is 1. The van der Waals surface area contributed by atoms with Crippen LogP contribution >= 0.6 is 0 Å². The lowest BCUT2D eigenvalue weighted by Crippen LogP contribution is -2.49. The fourth-order valence-corrected chi connectivity index (χ4v) is 4.47. The largest absolute Gasteiger partial charge is 0.484 e. The second-order valence-corrected chi connectivity index (χ2v) is 8.72. The van der Waals surface area contributed by atoms with Crippen LogP contribution in [-0.4, -0.2) is 90.4 Å². The van der Waals surface area contributed by atoms with E-state index in [0.29, 0.717) is 57.0 Å². The first-order chi connectivity index (χ1) is 16.4. The van der Waals surface area contributed by atoms with E-state index in [1.165, 1.54) is 9.80 Å². The number of urea groups is 1. The Hall–Kier alpha value is -3.34. The first-order valence-corrected chi connectivity index (χ1v) is 11.6. The van der Waals surface area contributed by atoms with Gasteiger partial charge in [-0.3, -0.25) is 19.8 Å². The minimum atomic E-state index is -0.879. The molecule has 11 nitrogen and oxygen atoms in total. The minimum Gasteiger partial charge on any atom is -0.484 e. The van der Waals surface area contributed by atoms with Gasteiger partial charge in [0.2, 0.25) is 5.91 Å². The summed E-state index contributed by atoms with van der Waals surface area (Å²) in [6.07, 6.45) is 2.45. The van der Waals surface area contributed by atoms with Crippen LogP contribution in [0.4, 0.5) is 15.3 Å². The molecular weight excluding hydrogens is 444 g/mol. The lowest BCUT2D eigenvalue weighted by atomic mass is 10.0. The first-order valence-electron chi connectivity index (χ1n) is 11.6. The number of ether oxygens (including phenoxy) is 2. The third kappa shape index (κ3) is 5.96. The zero-order valence-corrected chi connectivity index (χ0v) is 19.0. The molecule has 1 aromatic rings. The summed E-state index contributed by atoms with van der Waals surface area (Å²) in [5, 5.41) is 11.3. The summed E-state index contributed by atoms with van der Waals surface area (Å²) in [4.78, 5) is 51.5. The molecule has 3 aliphatic rings. The maximum Gasteiger partial charge on any atom is 0.407 e. The number of piperidine rings is 2. The highest BCUT2D eigenvalue weighted by atomic mass is 16.5. The molecular formula is C23H30N4O7. The quantitative estimate of drug-likeness (QED) is 0.642. The molecule has 5 amide bonds. The van der Waals surface area contributed by atoms with Crippen molar-refractivity contribution >= 4 is 29.6 Å². The van der Waals surface area contributed by atoms with E-state index in [1.54, 1.807) is 29.2 Å². The van der Waals surface area contributed by atoms with Gasteiger partial charge in [0.15, 0.2) is 6.61 Å². The maximum absolute atomic E-state index is 12.6. The Bertz CT molecular complexity index is 906. The lowest BCUT2D eigenvalue weighted by Gasteiger charge is -2.36. The average Bonchev–Trinajstić information content (AvgIpc) is 2.84. The van der Waals surface area contributed by atoms with Gasteiger partial charge in [0.05, 0.1) is 12.2 Å². The smallest absolute Gasteiger partial charge is 0.407 e. The fourth-order valence-electron chi connectivity index (χ4n) is 4.47. The van der Waals surface area contributed by atoms with E-state index in [-0.39, 0.29) is 37.0 Å². The van der Waals surface area contributed by atoms with Crippen LogP contribution in [0.15, 0.2) is 24.3 Å². The van der Waals surface area contributed by atoms with Gasteiger partial charge in [-0.25, -0.2) is 9.59 Å². The van der Waals surface area contributed by atoms with Crippen molar-refractivity contribution in [1.29, 1.82) is 0 Å². The molecule has 3 fully saturated rings. The number of nitrogens with one attached hydrogen (secondary N) is 1. The number of hydrogen-bond acceptors (Lipinski definition) is 6. The molecule has 3 aliphatic heterocycles. The summed E-state index contributed by atoms with van der Waals surface area (Å²) < 4.78 is 11.8. The topological polar surface area (TPSA) is 129 Å². The van der Waals surface area contributed by atoms with Crippen LogP contribution < -0.4 is 15.0 Å². The molecule has 34 heavy (non-hydrogen) atoms. The molecule has 0 aromatic heterocycles. The Morgan fingerprint density at radius 2 is 1.50 bits per heavy atom. The number of benzene rings is 1. The highest BCUT2D eigenvalue weighted by Gasteiger charge is 2.29. The second kappa shape index (κ2) is 10.7. The molecule has 0 atom stereocenters. The molecule has 0 radical (unpaired) electrons. The Balaban J connectivity index is 1.16. The van der Waals surface area contributed by atoms with Crippen LogP contribution in [0.2, 0.25) is 0 Å². The standard InChI is InChI=1S/C23H30N4O7/c28-20-9-14-27(22(30)24-20)16-1-3-17(4-2-16)33-15-21(29)25-10-5-18(6-11-25)34-19-7-12-26(13-8-19)23(31)32/h1-4,18-19H,5-15H2,(H,31,32)(H,24,28,30). The van der Waals surface area contributed by atoms with E-state index in [2.05, 4.69) is 5.32 Å². The van der Waals surface area contributed by atoms with E-state index in [1.807, 2.05) is 0 Å². The molecule has 184 valence electrons. The minimum absolute atomic E-state index is 0.0722. The van der Waals surface area contributed by atoms with Crippen LogP contribution in [0.3, 0.4) is 0 Å². The van der Waals surface area contributed by atoms with Gasteiger partial charge in [0.1, 0.15) is 5.75 Å². The number of carboxylic acid groups (broad SMARTS) is 1. The Labute approximate surface area is 197 Å². The van der Waals surface area contributed by atoms with Gasteiger partial charge in [0.25, 0.3) is 5.91 Å². The van der Waals surface area contributed by atoms with Gasteiger partial charge in [-0.15, -0.1) is 0 Å². The van der Waals surface area contributed by atoms with Gasteiger partial charge in [-0.1, -0.05) is 0 Å². The molecule has 0 spiro atoms. The van der Waals surface area contributed by atoms with Gasteiger partial charge >= 0.3 is 12.1 Å². The van der Waals surface area contributed by atoms with Crippen molar-refractivity contribution in [2.24, 2.45) is 0 Å². The number of nitrogens with zero attached hydrogens (tertiary/aromatic N) is 3. The molecule has 4 rings (SSSR count).